The summed E-state index contributed by atoms with van der Waals surface area (Å²) >= 11 is 0. The number of benzene rings is 2. The molecule has 2 fully saturated rings. The van der Waals surface area contributed by atoms with Gasteiger partial charge in [-0.1, -0.05) is 39.0 Å². The van der Waals surface area contributed by atoms with Crippen LogP contribution >= 0.6 is 0 Å². The first-order chi connectivity index (χ1) is 22.0. The van der Waals surface area contributed by atoms with Gasteiger partial charge in [-0.05, 0) is 49.0 Å². The van der Waals surface area contributed by atoms with Crippen LogP contribution in [0.3, 0.4) is 0 Å². The molecule has 2 aromatic carbocycles. The van der Waals surface area contributed by atoms with Crippen molar-refractivity contribution in [2.24, 2.45) is 12.8 Å². The highest BCUT2D eigenvalue weighted by atomic mass is 32.2. The van der Waals surface area contributed by atoms with Crippen molar-refractivity contribution in [1.82, 2.24) is 19.3 Å². The van der Waals surface area contributed by atoms with Crippen LogP contribution in [0.15, 0.2) is 29.2 Å². The lowest BCUT2D eigenvalue weighted by Crippen LogP contribution is -2.52. The average molecular weight is 668 g/mol. The van der Waals surface area contributed by atoms with E-state index in [1.54, 1.807) is 17.7 Å². The number of sulfone groups is 1. The van der Waals surface area contributed by atoms with Gasteiger partial charge in [0.25, 0.3) is 5.91 Å². The molecule has 2 saturated heterocycles. The fourth-order valence-corrected chi connectivity index (χ4v) is 8.36. The maximum atomic E-state index is 13.6. The van der Waals surface area contributed by atoms with E-state index in [9.17, 15) is 27.9 Å². The molecule has 47 heavy (non-hydrogen) atoms. The van der Waals surface area contributed by atoms with Crippen molar-refractivity contribution in [3.05, 3.63) is 46.6 Å². The average Bonchev–Trinajstić information content (AvgIpc) is 3.55. The third-order valence-electron chi connectivity index (χ3n) is 9.52. The molecule has 13 heteroatoms. The lowest BCUT2D eigenvalue weighted by Gasteiger charge is -2.37. The number of likely N-dealkylation sites (N-methyl/N-ethyl adjacent to an activating group) is 1. The summed E-state index contributed by atoms with van der Waals surface area (Å²) in [6.07, 6.45) is 2.92. The first-order valence-electron chi connectivity index (χ1n) is 15.8. The zero-order valence-corrected chi connectivity index (χ0v) is 29.0. The number of carboxylic acids is 1. The molecule has 3 heterocycles. The minimum absolute atomic E-state index is 0.0583. The maximum Gasteiger partial charge on any atom is 0.353 e. The molecule has 1 atom stereocenters. The molecule has 12 nitrogen and oxygen atoms in total. The quantitative estimate of drug-likeness (QED) is 0.369. The Bertz CT molecular complexity index is 1870. The molecule has 2 amide bonds. The fraction of sp³-hybridized carbons (Fsp3) is 0.500. The van der Waals surface area contributed by atoms with Gasteiger partial charge in [0.1, 0.15) is 10.6 Å². The molecule has 2 aliphatic rings. The van der Waals surface area contributed by atoms with Crippen molar-refractivity contribution in [2.75, 3.05) is 53.1 Å². The van der Waals surface area contributed by atoms with Crippen LogP contribution in [0.4, 0.5) is 0 Å². The standard InChI is InChI=1S/C34H45N5O7S/c1-34(2,3)23-18-22(31(35)40)29(46-6)30(47(7,44)45)26(23)25-21-11-8-10-20(27(21)37(5)28(25)33(42)43)19-38-14-16-39(17-15-38)32(41)24-12-9-13-36(24)4/h8,10-11,18,24H,9,12-17,19H2,1-7H3,(H2,35,40)(H,42,43). The normalized spacial score (nSPS) is 18.2. The Hall–Kier alpha value is -3.94. The maximum absolute atomic E-state index is 13.6. The number of likely N-dealkylation sites (tertiary alicyclic amines) is 1. The number of fused-ring (bicyclic) bond motifs is 1. The lowest BCUT2D eigenvalue weighted by atomic mass is 9.79. The number of aromatic nitrogens is 1. The molecule has 5 rings (SSSR count). The number of ether oxygens (including phenoxy) is 1. The largest absolute Gasteiger partial charge is 0.495 e. The minimum Gasteiger partial charge on any atom is -0.495 e. The van der Waals surface area contributed by atoms with Gasteiger partial charge in [-0.15, -0.1) is 0 Å². The van der Waals surface area contributed by atoms with Gasteiger partial charge in [-0.3, -0.25) is 19.4 Å². The van der Waals surface area contributed by atoms with E-state index in [0.29, 0.717) is 49.2 Å². The molecular formula is C34H45N5O7S. The van der Waals surface area contributed by atoms with Crippen LogP contribution in [0.1, 0.15) is 65.6 Å². The molecule has 1 aromatic heterocycles. The van der Waals surface area contributed by atoms with Crippen molar-refractivity contribution in [3.63, 3.8) is 0 Å². The molecule has 1 unspecified atom stereocenters. The van der Waals surface area contributed by atoms with Crippen LogP contribution in [-0.4, -0.2) is 110 Å². The third kappa shape index (κ3) is 6.23. The van der Waals surface area contributed by atoms with Crippen molar-refractivity contribution in [2.45, 2.75) is 56.5 Å². The van der Waals surface area contributed by atoms with Gasteiger partial charge >= 0.3 is 5.97 Å². The number of methoxy groups -OCH3 is 1. The smallest absolute Gasteiger partial charge is 0.353 e. The summed E-state index contributed by atoms with van der Waals surface area (Å²) in [7, 11) is 0.825. The second kappa shape index (κ2) is 12.6. The highest BCUT2D eigenvalue weighted by Crippen LogP contribution is 2.48. The number of primary amides is 1. The third-order valence-corrected chi connectivity index (χ3v) is 10.6. The molecule has 2 aliphatic heterocycles. The van der Waals surface area contributed by atoms with Gasteiger partial charge in [0.2, 0.25) is 5.91 Å². The summed E-state index contributed by atoms with van der Waals surface area (Å²) in [5.74, 6) is -2.13. The van der Waals surface area contributed by atoms with Gasteiger partial charge in [-0.25, -0.2) is 13.2 Å². The summed E-state index contributed by atoms with van der Waals surface area (Å²) in [4.78, 5) is 44.8. The molecule has 3 aromatic rings. The highest BCUT2D eigenvalue weighted by Gasteiger charge is 2.37. The summed E-state index contributed by atoms with van der Waals surface area (Å²) < 4.78 is 34.3. The van der Waals surface area contributed by atoms with E-state index in [1.165, 1.54) is 13.2 Å². The van der Waals surface area contributed by atoms with Crippen LogP contribution in [0.5, 0.6) is 5.75 Å². The number of rotatable bonds is 8. The van der Waals surface area contributed by atoms with E-state index in [0.717, 1.165) is 31.2 Å². The first-order valence-corrected chi connectivity index (χ1v) is 17.7. The Kier molecular flexibility index (Phi) is 9.21. The number of carbonyl (C=O) groups excluding carboxylic acids is 2. The number of carbonyl (C=O) groups is 3. The summed E-state index contributed by atoms with van der Waals surface area (Å²) in [6, 6.07) is 7.04. The number of nitrogens with zero attached hydrogens (tertiary/aromatic N) is 4. The molecule has 254 valence electrons. The molecule has 0 saturated carbocycles. The fourth-order valence-electron chi connectivity index (χ4n) is 7.25. The Labute approximate surface area is 276 Å². The number of piperazine rings is 1. The topological polar surface area (TPSA) is 155 Å². The summed E-state index contributed by atoms with van der Waals surface area (Å²) in [5.41, 5.74) is 7.16. The zero-order valence-electron chi connectivity index (χ0n) is 28.2. The Balaban J connectivity index is 1.66. The molecule has 0 aliphatic carbocycles. The number of aromatic carboxylic acids is 1. The Morgan fingerprint density at radius 1 is 1.04 bits per heavy atom. The zero-order chi connectivity index (χ0) is 34.6. The number of hydrogen-bond acceptors (Lipinski definition) is 8. The van der Waals surface area contributed by atoms with Crippen LogP contribution in [0, 0.1) is 0 Å². The van der Waals surface area contributed by atoms with Crippen LogP contribution in [0.2, 0.25) is 0 Å². The van der Waals surface area contributed by atoms with E-state index in [1.807, 2.05) is 44.9 Å². The van der Waals surface area contributed by atoms with Gasteiger partial charge in [0.05, 0.1) is 24.2 Å². The predicted octanol–water partition coefficient (Wildman–Crippen LogP) is 3.09. The number of carboxylic acid groups (broad SMARTS) is 1. The van der Waals surface area contributed by atoms with Crippen molar-refractivity contribution < 1.29 is 32.6 Å². The second-order valence-electron chi connectivity index (χ2n) is 13.7. The highest BCUT2D eigenvalue weighted by molar-refractivity contribution is 7.91. The van der Waals surface area contributed by atoms with Crippen LogP contribution in [0.25, 0.3) is 22.0 Å². The number of hydrogen-bond donors (Lipinski definition) is 2. The minimum atomic E-state index is -4.10. The van der Waals surface area contributed by atoms with Crippen molar-refractivity contribution in [3.8, 4) is 16.9 Å². The molecule has 3 N–H and O–H groups in total. The number of para-hydroxylation sites is 1. The van der Waals surface area contributed by atoms with E-state index in [-0.39, 0.29) is 45.0 Å². The molecular weight excluding hydrogens is 622 g/mol. The summed E-state index contributed by atoms with van der Waals surface area (Å²) in [5, 5.41) is 11.2. The predicted molar refractivity (Wildman–Crippen MR) is 180 cm³/mol. The van der Waals surface area contributed by atoms with Gasteiger partial charge in [-0.2, -0.15) is 0 Å². The van der Waals surface area contributed by atoms with E-state index in [4.69, 9.17) is 10.5 Å². The van der Waals surface area contributed by atoms with E-state index in [2.05, 4.69) is 9.80 Å². The van der Waals surface area contributed by atoms with E-state index < -0.39 is 27.1 Å². The molecule has 0 radical (unpaired) electrons. The van der Waals surface area contributed by atoms with Crippen LogP contribution < -0.4 is 10.5 Å². The van der Waals surface area contributed by atoms with Crippen LogP contribution in [-0.2, 0) is 33.6 Å². The van der Waals surface area contributed by atoms with Gasteiger partial charge < -0.3 is 25.0 Å². The van der Waals surface area contributed by atoms with Gasteiger partial charge in [0.15, 0.2) is 15.6 Å². The summed E-state index contributed by atoms with van der Waals surface area (Å²) in [6.45, 7) is 9.58. The number of amides is 2. The molecule has 0 bridgehead atoms. The SMILES string of the molecule is COc1c(C(N)=O)cc(C(C)(C)C)c(-c2c(C(=O)O)n(C)c3c(CN4CCN(C(=O)C5CCCN5C)CC4)cccc23)c1S(C)(=O)=O. The Morgan fingerprint density at radius 2 is 1.70 bits per heavy atom. The lowest BCUT2D eigenvalue weighted by molar-refractivity contribution is -0.137. The van der Waals surface area contributed by atoms with Gasteiger partial charge in [0, 0.05) is 62.5 Å². The monoisotopic (exact) mass is 667 g/mol. The number of nitrogens with two attached hydrogens (primary N) is 1. The molecule has 0 spiro atoms. The van der Waals surface area contributed by atoms with Crippen molar-refractivity contribution >= 4 is 38.5 Å². The first kappa shape index (κ1) is 34.4. The Morgan fingerprint density at radius 3 is 2.21 bits per heavy atom. The number of aryl methyl sites for hydroxylation is 1. The van der Waals surface area contributed by atoms with E-state index >= 15 is 0 Å². The van der Waals surface area contributed by atoms with Crippen molar-refractivity contribution in [1.29, 1.82) is 0 Å². The second-order valence-corrected chi connectivity index (χ2v) is 15.7.